The molecule has 0 aromatic heterocycles. The number of nitrogens with two attached hydrogens (primary N) is 1. The van der Waals surface area contributed by atoms with E-state index in [0.717, 1.165) is 24.2 Å². The van der Waals surface area contributed by atoms with Crippen LogP contribution in [0.25, 0.3) is 0 Å². The Balaban J connectivity index is 1.62. The summed E-state index contributed by atoms with van der Waals surface area (Å²) in [5, 5.41) is 9.85. The molecule has 1 atom stereocenters. The van der Waals surface area contributed by atoms with Crippen LogP contribution in [-0.4, -0.2) is 33.9 Å². The van der Waals surface area contributed by atoms with Crippen molar-refractivity contribution in [3.05, 3.63) is 82.7 Å². The van der Waals surface area contributed by atoms with Gasteiger partial charge in [0.1, 0.15) is 28.9 Å². The van der Waals surface area contributed by atoms with E-state index in [1.807, 2.05) is 24.3 Å². The van der Waals surface area contributed by atoms with Gasteiger partial charge in [0, 0.05) is 11.6 Å². The van der Waals surface area contributed by atoms with Gasteiger partial charge in [0.25, 0.3) is 0 Å². The minimum atomic E-state index is -0.638. The van der Waals surface area contributed by atoms with Crippen molar-refractivity contribution in [2.45, 2.75) is 25.7 Å². The first-order valence-corrected chi connectivity index (χ1v) is 12.4. The number of carbonyl (C=O) groups is 1. The molecule has 1 aliphatic rings. The molecule has 3 aromatic carbocycles. The maximum Gasteiger partial charge on any atom is 0.343 e. The zero-order valence-corrected chi connectivity index (χ0v) is 22.3. The Bertz CT molecular complexity index is 1400. The minimum absolute atomic E-state index is 0.00799. The van der Waals surface area contributed by atoms with Crippen molar-refractivity contribution >= 4 is 5.97 Å². The maximum atomic E-state index is 13.0. The Morgan fingerprint density at radius 3 is 2.23 bits per heavy atom. The second-order valence-corrected chi connectivity index (χ2v) is 8.70. The Morgan fingerprint density at radius 1 is 0.974 bits per heavy atom. The van der Waals surface area contributed by atoms with Gasteiger partial charge in [0.2, 0.25) is 11.6 Å². The smallest absolute Gasteiger partial charge is 0.343 e. The molecule has 0 saturated carbocycles. The highest BCUT2D eigenvalue weighted by Crippen LogP contribution is 2.44. The number of carbonyl (C=O) groups excluding carboxylic acids is 1. The Labute approximate surface area is 227 Å². The predicted octanol–water partition coefficient (Wildman–Crippen LogP) is 5.33. The number of hydrogen-bond donors (Lipinski definition) is 1. The normalized spacial score (nSPS) is 14.0. The average Bonchev–Trinajstić information content (AvgIpc) is 2.96. The van der Waals surface area contributed by atoms with Crippen molar-refractivity contribution in [2.75, 3.05) is 27.9 Å². The van der Waals surface area contributed by atoms with Crippen molar-refractivity contribution in [3.63, 3.8) is 0 Å². The molecule has 9 heteroatoms. The molecule has 0 spiro atoms. The summed E-state index contributed by atoms with van der Waals surface area (Å²) in [4.78, 5) is 13.0. The molecule has 0 saturated heterocycles. The summed E-state index contributed by atoms with van der Waals surface area (Å²) in [6.07, 6.45) is 2.02. The summed E-state index contributed by atoms with van der Waals surface area (Å²) in [5.74, 6) is 1.28. The third kappa shape index (κ3) is 5.70. The Hall–Kier alpha value is -4.84. The topological polar surface area (TPSA) is 122 Å². The van der Waals surface area contributed by atoms with Crippen molar-refractivity contribution in [2.24, 2.45) is 5.73 Å². The van der Waals surface area contributed by atoms with Crippen LogP contribution in [0.5, 0.6) is 34.5 Å². The van der Waals surface area contributed by atoms with Crippen LogP contribution in [0.4, 0.5) is 0 Å². The fourth-order valence-corrected chi connectivity index (χ4v) is 4.30. The number of fused-ring (bicyclic) bond motifs is 1. The van der Waals surface area contributed by atoms with Gasteiger partial charge in [0.15, 0.2) is 11.5 Å². The number of methoxy groups -OCH3 is 3. The van der Waals surface area contributed by atoms with E-state index in [1.165, 1.54) is 33.5 Å². The fraction of sp³-hybridized carbons (Fsp3) is 0.267. The van der Waals surface area contributed by atoms with Gasteiger partial charge in [-0.1, -0.05) is 31.5 Å². The van der Waals surface area contributed by atoms with Crippen molar-refractivity contribution < 1.29 is 33.2 Å². The molecule has 1 aliphatic heterocycles. The summed E-state index contributed by atoms with van der Waals surface area (Å²) in [5.41, 5.74) is 8.20. The SMILES string of the molecule is CCCCOc1ccc(C2C(C#N)=C(N)Oc3cc(OC(=O)c4cc(OC)c(OC)c(OC)c4)ccc32)cc1. The van der Waals surface area contributed by atoms with E-state index in [1.54, 1.807) is 18.2 Å². The first kappa shape index (κ1) is 27.2. The van der Waals surface area contributed by atoms with Crippen LogP contribution in [0.1, 0.15) is 47.2 Å². The summed E-state index contributed by atoms with van der Waals surface area (Å²) < 4.78 is 33.1. The lowest BCUT2D eigenvalue weighted by Gasteiger charge is -2.27. The minimum Gasteiger partial charge on any atom is -0.494 e. The zero-order chi connectivity index (χ0) is 27.9. The van der Waals surface area contributed by atoms with E-state index < -0.39 is 11.9 Å². The molecule has 4 rings (SSSR count). The van der Waals surface area contributed by atoms with Gasteiger partial charge in [-0.05, 0) is 42.3 Å². The third-order valence-electron chi connectivity index (χ3n) is 6.28. The van der Waals surface area contributed by atoms with Crippen LogP contribution in [-0.2, 0) is 0 Å². The van der Waals surface area contributed by atoms with E-state index in [4.69, 9.17) is 34.2 Å². The van der Waals surface area contributed by atoms with Gasteiger partial charge < -0.3 is 34.2 Å². The summed E-state index contributed by atoms with van der Waals surface area (Å²) in [6.45, 7) is 2.75. The highest BCUT2D eigenvalue weighted by atomic mass is 16.5. The molecular formula is C30H30N2O7. The molecule has 0 radical (unpaired) electrons. The number of esters is 1. The molecule has 1 unspecified atom stereocenters. The van der Waals surface area contributed by atoms with Gasteiger partial charge in [-0.25, -0.2) is 4.79 Å². The number of nitrogens with zero attached hydrogens (tertiary/aromatic N) is 1. The molecular weight excluding hydrogens is 500 g/mol. The molecule has 9 nitrogen and oxygen atoms in total. The third-order valence-corrected chi connectivity index (χ3v) is 6.28. The molecule has 39 heavy (non-hydrogen) atoms. The molecule has 2 N–H and O–H groups in total. The van der Waals surface area contributed by atoms with E-state index in [2.05, 4.69) is 13.0 Å². The molecule has 3 aromatic rings. The molecule has 0 amide bonds. The van der Waals surface area contributed by atoms with Crippen LogP contribution < -0.4 is 34.2 Å². The van der Waals surface area contributed by atoms with Gasteiger partial charge in [-0.15, -0.1) is 0 Å². The summed E-state index contributed by atoms with van der Waals surface area (Å²) >= 11 is 0. The summed E-state index contributed by atoms with van der Waals surface area (Å²) in [7, 11) is 4.40. The second kappa shape index (κ2) is 12.1. The van der Waals surface area contributed by atoms with Crippen LogP contribution in [0, 0.1) is 11.3 Å². The molecule has 0 bridgehead atoms. The molecule has 0 aliphatic carbocycles. The number of hydrogen-bond acceptors (Lipinski definition) is 9. The van der Waals surface area contributed by atoms with E-state index >= 15 is 0 Å². The largest absolute Gasteiger partial charge is 0.494 e. The number of unbranched alkanes of at least 4 members (excludes halogenated alkanes) is 1. The van der Waals surface area contributed by atoms with E-state index in [0.29, 0.717) is 40.7 Å². The zero-order valence-electron chi connectivity index (χ0n) is 22.3. The number of allylic oxidation sites excluding steroid dienone is 1. The average molecular weight is 531 g/mol. The lowest BCUT2D eigenvalue weighted by Crippen LogP contribution is -2.21. The van der Waals surface area contributed by atoms with E-state index in [9.17, 15) is 10.1 Å². The van der Waals surface area contributed by atoms with Gasteiger partial charge in [0.05, 0.1) is 39.4 Å². The van der Waals surface area contributed by atoms with Crippen LogP contribution >= 0.6 is 0 Å². The number of nitriles is 1. The van der Waals surface area contributed by atoms with Crippen molar-refractivity contribution in [1.82, 2.24) is 0 Å². The highest BCUT2D eigenvalue weighted by molar-refractivity contribution is 5.92. The van der Waals surface area contributed by atoms with Crippen LogP contribution in [0.3, 0.4) is 0 Å². The van der Waals surface area contributed by atoms with E-state index in [-0.39, 0.29) is 17.2 Å². The number of benzene rings is 3. The quantitative estimate of drug-likeness (QED) is 0.210. The molecule has 202 valence electrons. The Kier molecular flexibility index (Phi) is 8.46. The van der Waals surface area contributed by atoms with Gasteiger partial charge in [-0.2, -0.15) is 5.26 Å². The van der Waals surface area contributed by atoms with Crippen LogP contribution in [0.15, 0.2) is 66.1 Å². The lowest BCUT2D eigenvalue weighted by atomic mass is 9.83. The maximum absolute atomic E-state index is 13.0. The lowest BCUT2D eigenvalue weighted by molar-refractivity contribution is 0.0733. The Morgan fingerprint density at radius 2 is 1.64 bits per heavy atom. The standard InChI is InChI=1S/C30H30N2O7/c1-5-6-13-37-20-9-7-18(8-10-20)27-22-12-11-21(16-24(22)39-29(32)23(27)17-31)38-30(33)19-14-25(34-2)28(36-4)26(15-19)35-3/h7-12,14-16,27H,5-6,13,32H2,1-4H3. The number of rotatable bonds is 10. The predicted molar refractivity (Wildman–Crippen MR) is 144 cm³/mol. The van der Waals surface area contributed by atoms with Crippen molar-refractivity contribution in [3.8, 4) is 40.6 Å². The number of ether oxygens (including phenoxy) is 6. The van der Waals surface area contributed by atoms with Crippen LogP contribution in [0.2, 0.25) is 0 Å². The second-order valence-electron chi connectivity index (χ2n) is 8.70. The molecule has 0 fully saturated rings. The fourth-order valence-electron chi connectivity index (χ4n) is 4.30. The molecule has 1 heterocycles. The first-order chi connectivity index (χ1) is 18.9. The monoisotopic (exact) mass is 530 g/mol. The first-order valence-electron chi connectivity index (χ1n) is 12.4. The highest BCUT2D eigenvalue weighted by Gasteiger charge is 2.31. The summed E-state index contributed by atoms with van der Waals surface area (Å²) in [6, 6.07) is 17.7. The van der Waals surface area contributed by atoms with Gasteiger partial charge >= 0.3 is 5.97 Å². The van der Waals surface area contributed by atoms with Crippen molar-refractivity contribution in [1.29, 1.82) is 5.26 Å². The van der Waals surface area contributed by atoms with Gasteiger partial charge in [-0.3, -0.25) is 0 Å².